The predicted octanol–water partition coefficient (Wildman–Crippen LogP) is 5.12. The SMILES string of the molecule is COCc1nn2cc3c(nc2c1-c1ccc(Cl)cc1)CC(c1ccc(OC)cc1)CC3=O. The number of Topliss-reactive ketones (excluding diaryl/α,β-unsaturated/α-hetero) is 1. The number of fused-ring (bicyclic) bond motifs is 2. The van der Waals surface area contributed by atoms with Crippen LogP contribution in [0.25, 0.3) is 16.8 Å². The second-order valence-electron chi connectivity index (χ2n) is 7.93. The van der Waals surface area contributed by atoms with E-state index in [0.29, 0.717) is 35.7 Å². The van der Waals surface area contributed by atoms with Crippen molar-refractivity contribution < 1.29 is 14.3 Å². The van der Waals surface area contributed by atoms with E-state index in [4.69, 9.17) is 26.1 Å². The van der Waals surface area contributed by atoms with Crippen LogP contribution < -0.4 is 4.74 Å². The number of aromatic nitrogens is 3. The van der Waals surface area contributed by atoms with Gasteiger partial charge in [0.15, 0.2) is 11.4 Å². The lowest BCUT2D eigenvalue weighted by Crippen LogP contribution is -2.21. The van der Waals surface area contributed by atoms with Crippen molar-refractivity contribution >= 4 is 23.0 Å². The summed E-state index contributed by atoms with van der Waals surface area (Å²) in [5.74, 6) is 0.961. The molecule has 0 N–H and O–H groups in total. The third-order valence-corrected chi connectivity index (χ3v) is 6.19. The molecule has 0 radical (unpaired) electrons. The van der Waals surface area contributed by atoms with Gasteiger partial charge in [-0.1, -0.05) is 35.9 Å². The normalized spacial score (nSPS) is 15.7. The van der Waals surface area contributed by atoms with Gasteiger partial charge in [-0.05, 0) is 47.7 Å². The molecule has 0 saturated heterocycles. The molecule has 0 saturated carbocycles. The first kappa shape index (κ1) is 20.7. The third kappa shape index (κ3) is 3.66. The summed E-state index contributed by atoms with van der Waals surface area (Å²) in [5, 5.41) is 5.33. The Morgan fingerprint density at radius 2 is 1.81 bits per heavy atom. The molecule has 0 bridgehead atoms. The molecule has 5 rings (SSSR count). The highest BCUT2D eigenvalue weighted by molar-refractivity contribution is 6.30. The van der Waals surface area contributed by atoms with Gasteiger partial charge < -0.3 is 9.47 Å². The van der Waals surface area contributed by atoms with E-state index in [9.17, 15) is 4.79 Å². The number of carbonyl (C=O) groups excluding carboxylic acids is 1. The zero-order chi connectivity index (χ0) is 22.2. The van der Waals surface area contributed by atoms with E-state index in [1.54, 1.807) is 18.7 Å². The molecule has 1 aliphatic carbocycles. The summed E-state index contributed by atoms with van der Waals surface area (Å²) < 4.78 is 12.3. The fraction of sp³-hybridized carbons (Fsp3) is 0.240. The number of rotatable bonds is 5. The molecular weight excluding hydrogens is 426 g/mol. The number of ether oxygens (including phenoxy) is 2. The summed E-state index contributed by atoms with van der Waals surface area (Å²) in [5.41, 5.74) is 5.87. The average Bonchev–Trinajstić information content (AvgIpc) is 3.15. The molecule has 2 aromatic heterocycles. The van der Waals surface area contributed by atoms with Crippen LogP contribution >= 0.6 is 11.6 Å². The van der Waals surface area contributed by atoms with Gasteiger partial charge in [-0.15, -0.1) is 0 Å². The highest BCUT2D eigenvalue weighted by Crippen LogP contribution is 2.35. The van der Waals surface area contributed by atoms with Crippen LogP contribution in [-0.4, -0.2) is 34.6 Å². The summed E-state index contributed by atoms with van der Waals surface area (Å²) in [4.78, 5) is 18.0. The van der Waals surface area contributed by atoms with E-state index >= 15 is 0 Å². The summed E-state index contributed by atoms with van der Waals surface area (Å²) in [6.07, 6.45) is 2.94. The number of nitrogens with zero attached hydrogens (tertiary/aromatic N) is 3. The lowest BCUT2D eigenvalue weighted by atomic mass is 9.82. The number of benzene rings is 2. The average molecular weight is 448 g/mol. The standard InChI is InChI=1S/C25H22ClN3O3/c1-31-14-22-24(16-3-7-18(26)8-4-16)25-27-21-11-17(15-5-9-19(32-2)10-6-15)12-23(30)20(21)13-29(25)28-22/h3-10,13,17H,11-12,14H2,1-2H3. The van der Waals surface area contributed by atoms with Crippen molar-refractivity contribution in [1.29, 1.82) is 0 Å². The van der Waals surface area contributed by atoms with Crippen molar-refractivity contribution in [2.24, 2.45) is 0 Å². The van der Waals surface area contributed by atoms with Crippen molar-refractivity contribution in [1.82, 2.24) is 14.6 Å². The Kier molecular flexibility index (Phi) is 5.41. The van der Waals surface area contributed by atoms with Crippen molar-refractivity contribution in [3.05, 3.63) is 82.3 Å². The molecule has 32 heavy (non-hydrogen) atoms. The monoisotopic (exact) mass is 447 g/mol. The first-order chi connectivity index (χ1) is 15.6. The summed E-state index contributed by atoms with van der Waals surface area (Å²) >= 11 is 6.09. The molecular formula is C25H22ClN3O3. The van der Waals surface area contributed by atoms with E-state index < -0.39 is 0 Å². The molecule has 0 spiro atoms. The van der Waals surface area contributed by atoms with Gasteiger partial charge >= 0.3 is 0 Å². The number of methoxy groups -OCH3 is 2. The minimum atomic E-state index is 0.0798. The maximum absolute atomic E-state index is 13.0. The molecule has 162 valence electrons. The molecule has 1 unspecified atom stereocenters. The fourth-order valence-electron chi connectivity index (χ4n) is 4.34. The quantitative estimate of drug-likeness (QED) is 0.425. The summed E-state index contributed by atoms with van der Waals surface area (Å²) in [6.45, 7) is 0.342. The van der Waals surface area contributed by atoms with Crippen molar-refractivity contribution in [2.45, 2.75) is 25.4 Å². The molecule has 0 fully saturated rings. The van der Waals surface area contributed by atoms with Gasteiger partial charge in [-0.3, -0.25) is 4.79 Å². The number of ketones is 1. The van der Waals surface area contributed by atoms with E-state index in [1.807, 2.05) is 54.7 Å². The van der Waals surface area contributed by atoms with E-state index in [-0.39, 0.29) is 11.7 Å². The van der Waals surface area contributed by atoms with Crippen LogP contribution in [0.4, 0.5) is 0 Å². The van der Waals surface area contributed by atoms with Crippen molar-refractivity contribution in [3.8, 4) is 16.9 Å². The van der Waals surface area contributed by atoms with Gasteiger partial charge in [-0.2, -0.15) is 5.10 Å². The minimum absolute atomic E-state index is 0.0798. The highest BCUT2D eigenvalue weighted by Gasteiger charge is 2.29. The maximum Gasteiger partial charge on any atom is 0.166 e. The van der Waals surface area contributed by atoms with Gasteiger partial charge in [0, 0.05) is 24.8 Å². The van der Waals surface area contributed by atoms with Crippen LogP contribution in [0.3, 0.4) is 0 Å². The number of hydrogen-bond donors (Lipinski definition) is 0. The van der Waals surface area contributed by atoms with Crippen molar-refractivity contribution in [3.63, 3.8) is 0 Å². The van der Waals surface area contributed by atoms with Gasteiger partial charge in [0.2, 0.25) is 0 Å². The van der Waals surface area contributed by atoms with Gasteiger partial charge in [0.25, 0.3) is 0 Å². The molecule has 0 amide bonds. The van der Waals surface area contributed by atoms with Crippen LogP contribution in [0, 0.1) is 0 Å². The number of hydrogen-bond acceptors (Lipinski definition) is 5. The van der Waals surface area contributed by atoms with Crippen LogP contribution in [-0.2, 0) is 17.8 Å². The second-order valence-corrected chi connectivity index (χ2v) is 8.37. The Hall–Kier alpha value is -3.22. The molecule has 6 nitrogen and oxygen atoms in total. The smallest absolute Gasteiger partial charge is 0.166 e. The van der Waals surface area contributed by atoms with Crippen LogP contribution in [0.5, 0.6) is 5.75 Å². The van der Waals surface area contributed by atoms with Crippen molar-refractivity contribution in [2.75, 3.05) is 14.2 Å². The zero-order valence-corrected chi connectivity index (χ0v) is 18.6. The molecule has 2 aromatic carbocycles. The van der Waals surface area contributed by atoms with E-state index in [0.717, 1.165) is 33.8 Å². The van der Waals surface area contributed by atoms with Crippen LogP contribution in [0.1, 0.15) is 39.6 Å². The lowest BCUT2D eigenvalue weighted by molar-refractivity contribution is 0.0962. The predicted molar refractivity (Wildman–Crippen MR) is 123 cm³/mol. The lowest BCUT2D eigenvalue weighted by Gasteiger charge is -2.23. The Morgan fingerprint density at radius 3 is 2.50 bits per heavy atom. The van der Waals surface area contributed by atoms with Gasteiger partial charge in [0.05, 0.1) is 36.2 Å². The largest absolute Gasteiger partial charge is 0.497 e. The Bertz CT molecular complexity index is 1300. The molecule has 7 heteroatoms. The highest BCUT2D eigenvalue weighted by atomic mass is 35.5. The second kappa shape index (κ2) is 8.37. The Labute approximate surface area is 190 Å². The van der Waals surface area contributed by atoms with Gasteiger partial charge in [0.1, 0.15) is 5.75 Å². The molecule has 4 aromatic rings. The molecule has 2 heterocycles. The van der Waals surface area contributed by atoms with Crippen LogP contribution in [0.15, 0.2) is 54.7 Å². The molecule has 1 atom stereocenters. The zero-order valence-electron chi connectivity index (χ0n) is 17.8. The number of carbonyl (C=O) groups is 1. The van der Waals surface area contributed by atoms with E-state index in [1.165, 1.54) is 0 Å². The number of halogens is 1. The summed E-state index contributed by atoms with van der Waals surface area (Å²) in [7, 11) is 3.28. The minimum Gasteiger partial charge on any atom is -0.497 e. The van der Waals surface area contributed by atoms with Gasteiger partial charge in [-0.25, -0.2) is 9.50 Å². The maximum atomic E-state index is 13.0. The molecule has 0 aliphatic heterocycles. The Balaban J connectivity index is 1.61. The van der Waals surface area contributed by atoms with Crippen LogP contribution in [0.2, 0.25) is 5.02 Å². The topological polar surface area (TPSA) is 65.7 Å². The fourth-order valence-corrected chi connectivity index (χ4v) is 4.47. The first-order valence-corrected chi connectivity index (χ1v) is 10.8. The first-order valence-electron chi connectivity index (χ1n) is 10.4. The van der Waals surface area contributed by atoms with E-state index in [2.05, 4.69) is 5.10 Å². The third-order valence-electron chi connectivity index (χ3n) is 5.93. The summed E-state index contributed by atoms with van der Waals surface area (Å²) in [6, 6.07) is 15.5. The molecule has 1 aliphatic rings. The Morgan fingerprint density at radius 1 is 1.06 bits per heavy atom.